The number of aromatic nitrogens is 2. The summed E-state index contributed by atoms with van der Waals surface area (Å²) in [7, 11) is 0. The molecular formula is C13H14N2. The van der Waals surface area contributed by atoms with Gasteiger partial charge in [-0.2, -0.15) is 0 Å². The molecule has 2 aromatic rings. The molecule has 0 N–H and O–H groups in total. The third-order valence-electron chi connectivity index (χ3n) is 2.77. The molecule has 0 aliphatic rings. The Labute approximate surface area is 90.0 Å². The van der Waals surface area contributed by atoms with Crippen molar-refractivity contribution in [3.8, 4) is 0 Å². The second-order valence-corrected chi connectivity index (χ2v) is 4.11. The summed E-state index contributed by atoms with van der Waals surface area (Å²) in [5.41, 5.74) is 2.37. The predicted molar refractivity (Wildman–Crippen MR) is 60.6 cm³/mol. The highest BCUT2D eigenvalue weighted by molar-refractivity contribution is 5.33. The number of nitrogens with zero attached hydrogens (tertiary/aromatic N) is 2. The van der Waals surface area contributed by atoms with Gasteiger partial charge in [0.1, 0.15) is 0 Å². The molecule has 0 radical (unpaired) electrons. The second-order valence-electron chi connectivity index (χ2n) is 4.11. The van der Waals surface area contributed by atoms with Crippen molar-refractivity contribution in [2.45, 2.75) is 19.3 Å². The van der Waals surface area contributed by atoms with Crippen molar-refractivity contribution < 1.29 is 0 Å². The van der Waals surface area contributed by atoms with Crippen LogP contribution in [0.4, 0.5) is 0 Å². The van der Waals surface area contributed by atoms with Crippen LogP contribution in [0.3, 0.4) is 0 Å². The van der Waals surface area contributed by atoms with Gasteiger partial charge in [-0.15, -0.1) is 0 Å². The van der Waals surface area contributed by atoms with Gasteiger partial charge in [-0.3, -0.25) is 9.97 Å². The van der Waals surface area contributed by atoms with Crippen molar-refractivity contribution in [2.75, 3.05) is 0 Å². The first kappa shape index (κ1) is 9.84. The highest BCUT2D eigenvalue weighted by atomic mass is 14.6. The standard InChI is InChI=1S/C13H14N2/c1-13(2,11-5-3-7-14-9-11)12-6-4-8-15-10-12/h3-10H,1-2H3. The molecule has 2 aromatic heterocycles. The van der Waals surface area contributed by atoms with Crippen molar-refractivity contribution in [3.63, 3.8) is 0 Å². The molecule has 0 bridgehead atoms. The molecule has 0 aliphatic carbocycles. The summed E-state index contributed by atoms with van der Waals surface area (Å²) >= 11 is 0. The minimum atomic E-state index is -0.0392. The van der Waals surface area contributed by atoms with Gasteiger partial charge in [0, 0.05) is 30.2 Å². The summed E-state index contributed by atoms with van der Waals surface area (Å²) < 4.78 is 0. The van der Waals surface area contributed by atoms with Gasteiger partial charge in [-0.1, -0.05) is 26.0 Å². The Kier molecular flexibility index (Phi) is 2.50. The lowest BCUT2D eigenvalue weighted by molar-refractivity contribution is 0.634. The molecule has 0 aromatic carbocycles. The molecule has 0 fully saturated rings. The first-order chi connectivity index (χ1) is 7.21. The Morgan fingerprint density at radius 1 is 0.867 bits per heavy atom. The van der Waals surface area contributed by atoms with E-state index in [9.17, 15) is 0 Å². The van der Waals surface area contributed by atoms with E-state index in [0.29, 0.717) is 0 Å². The van der Waals surface area contributed by atoms with Crippen molar-refractivity contribution >= 4 is 0 Å². The molecule has 0 spiro atoms. The molecule has 2 heterocycles. The first-order valence-corrected chi connectivity index (χ1v) is 5.02. The quantitative estimate of drug-likeness (QED) is 0.741. The van der Waals surface area contributed by atoms with Crippen LogP contribution in [0.15, 0.2) is 49.1 Å². The summed E-state index contributed by atoms with van der Waals surface area (Å²) in [6, 6.07) is 8.13. The van der Waals surface area contributed by atoms with E-state index in [-0.39, 0.29) is 5.41 Å². The number of rotatable bonds is 2. The van der Waals surface area contributed by atoms with E-state index >= 15 is 0 Å². The highest BCUT2D eigenvalue weighted by Crippen LogP contribution is 2.29. The lowest BCUT2D eigenvalue weighted by Gasteiger charge is -2.24. The van der Waals surface area contributed by atoms with Gasteiger partial charge in [0.2, 0.25) is 0 Å². The zero-order valence-corrected chi connectivity index (χ0v) is 9.01. The van der Waals surface area contributed by atoms with Crippen LogP contribution in [0.2, 0.25) is 0 Å². The molecule has 2 rings (SSSR count). The van der Waals surface area contributed by atoms with Crippen LogP contribution >= 0.6 is 0 Å². The van der Waals surface area contributed by atoms with Crippen LogP contribution in [0.1, 0.15) is 25.0 Å². The maximum atomic E-state index is 4.16. The third-order valence-corrected chi connectivity index (χ3v) is 2.77. The normalized spacial score (nSPS) is 11.3. The molecule has 15 heavy (non-hydrogen) atoms. The van der Waals surface area contributed by atoms with E-state index in [4.69, 9.17) is 0 Å². The summed E-state index contributed by atoms with van der Waals surface area (Å²) in [5, 5.41) is 0. The topological polar surface area (TPSA) is 25.8 Å². The van der Waals surface area contributed by atoms with E-state index in [1.54, 1.807) is 12.4 Å². The molecule has 0 aliphatic heterocycles. The van der Waals surface area contributed by atoms with E-state index in [2.05, 4.69) is 35.9 Å². The molecule has 0 saturated carbocycles. The Morgan fingerprint density at radius 2 is 1.33 bits per heavy atom. The van der Waals surface area contributed by atoms with Crippen LogP contribution in [0.25, 0.3) is 0 Å². The molecule has 2 nitrogen and oxygen atoms in total. The number of pyridine rings is 2. The second kappa shape index (κ2) is 3.81. The zero-order chi connectivity index (χ0) is 10.7. The van der Waals surface area contributed by atoms with Crippen molar-refractivity contribution in [1.29, 1.82) is 0 Å². The number of hydrogen-bond donors (Lipinski definition) is 0. The minimum Gasteiger partial charge on any atom is -0.264 e. The van der Waals surface area contributed by atoms with Crippen molar-refractivity contribution in [2.24, 2.45) is 0 Å². The largest absolute Gasteiger partial charge is 0.264 e. The number of hydrogen-bond acceptors (Lipinski definition) is 2. The van der Waals surface area contributed by atoms with Gasteiger partial charge < -0.3 is 0 Å². The van der Waals surface area contributed by atoms with Crippen molar-refractivity contribution in [3.05, 3.63) is 60.2 Å². The summed E-state index contributed by atoms with van der Waals surface area (Å²) in [6.45, 7) is 4.36. The Bertz CT molecular complexity index is 379. The smallest absolute Gasteiger partial charge is 0.0308 e. The first-order valence-electron chi connectivity index (χ1n) is 5.02. The van der Waals surface area contributed by atoms with Gasteiger partial charge in [0.15, 0.2) is 0 Å². The van der Waals surface area contributed by atoms with E-state index < -0.39 is 0 Å². The molecular weight excluding hydrogens is 184 g/mol. The average Bonchev–Trinajstić information content (AvgIpc) is 2.31. The molecule has 2 heteroatoms. The summed E-state index contributed by atoms with van der Waals surface area (Å²) in [5.74, 6) is 0. The molecule has 0 unspecified atom stereocenters. The maximum absolute atomic E-state index is 4.16. The summed E-state index contributed by atoms with van der Waals surface area (Å²) in [6.07, 6.45) is 7.41. The van der Waals surface area contributed by atoms with E-state index in [1.165, 1.54) is 11.1 Å². The molecule has 0 saturated heterocycles. The Hall–Kier alpha value is -1.70. The Balaban J connectivity index is 2.44. The van der Waals surface area contributed by atoms with Crippen LogP contribution in [0.5, 0.6) is 0 Å². The predicted octanol–water partition coefficient (Wildman–Crippen LogP) is 2.80. The SMILES string of the molecule is CC(C)(c1cccnc1)c1cccnc1. The lowest BCUT2D eigenvalue weighted by Crippen LogP contribution is -2.19. The van der Waals surface area contributed by atoms with Crippen LogP contribution in [-0.4, -0.2) is 9.97 Å². The average molecular weight is 198 g/mol. The van der Waals surface area contributed by atoms with Gasteiger partial charge in [-0.25, -0.2) is 0 Å². The molecule has 0 amide bonds. The minimum absolute atomic E-state index is 0.0392. The molecule has 76 valence electrons. The van der Waals surface area contributed by atoms with Gasteiger partial charge in [0.05, 0.1) is 0 Å². The van der Waals surface area contributed by atoms with Gasteiger partial charge in [0.25, 0.3) is 0 Å². The van der Waals surface area contributed by atoms with Gasteiger partial charge >= 0.3 is 0 Å². The fourth-order valence-corrected chi connectivity index (χ4v) is 1.63. The fraction of sp³-hybridized carbons (Fsp3) is 0.231. The highest BCUT2D eigenvalue weighted by Gasteiger charge is 2.22. The molecule has 0 atom stereocenters. The van der Waals surface area contributed by atoms with Crippen LogP contribution in [-0.2, 0) is 5.41 Å². The Morgan fingerprint density at radius 3 is 1.67 bits per heavy atom. The third kappa shape index (κ3) is 1.89. The van der Waals surface area contributed by atoms with Crippen molar-refractivity contribution in [1.82, 2.24) is 9.97 Å². The van der Waals surface area contributed by atoms with Gasteiger partial charge in [-0.05, 0) is 23.3 Å². The van der Waals surface area contributed by atoms with Crippen LogP contribution < -0.4 is 0 Å². The van der Waals surface area contributed by atoms with Crippen LogP contribution in [0, 0.1) is 0 Å². The summed E-state index contributed by atoms with van der Waals surface area (Å²) in [4.78, 5) is 8.31. The van der Waals surface area contributed by atoms with E-state index in [0.717, 1.165) is 0 Å². The maximum Gasteiger partial charge on any atom is 0.0308 e. The zero-order valence-electron chi connectivity index (χ0n) is 9.01. The lowest BCUT2D eigenvalue weighted by atomic mass is 9.80. The fourth-order valence-electron chi connectivity index (χ4n) is 1.63. The van der Waals surface area contributed by atoms with E-state index in [1.807, 2.05) is 24.5 Å². The monoisotopic (exact) mass is 198 g/mol.